The molecule has 4 nitrogen and oxygen atoms in total. The van der Waals surface area contributed by atoms with E-state index in [4.69, 9.17) is 5.73 Å². The number of rotatable bonds is 3. The van der Waals surface area contributed by atoms with Gasteiger partial charge in [0.25, 0.3) is 5.69 Å². The summed E-state index contributed by atoms with van der Waals surface area (Å²) in [7, 11) is 0. The van der Waals surface area contributed by atoms with Crippen LogP contribution in [0.4, 0.5) is 5.69 Å². The molecule has 0 saturated heterocycles. The van der Waals surface area contributed by atoms with E-state index in [2.05, 4.69) is 6.92 Å². The second kappa shape index (κ2) is 5.71. The summed E-state index contributed by atoms with van der Waals surface area (Å²) in [6, 6.07) is 6.98. The van der Waals surface area contributed by atoms with Crippen LogP contribution in [0.3, 0.4) is 0 Å². The quantitative estimate of drug-likeness (QED) is 0.673. The van der Waals surface area contributed by atoms with Crippen LogP contribution >= 0.6 is 11.8 Å². The Morgan fingerprint density at radius 3 is 2.61 bits per heavy atom. The molecule has 1 fully saturated rings. The molecule has 0 spiro atoms. The van der Waals surface area contributed by atoms with Crippen molar-refractivity contribution < 1.29 is 4.92 Å². The Hall–Kier alpha value is -1.07. The zero-order chi connectivity index (χ0) is 13.1. The molecule has 0 amide bonds. The second-order valence-corrected chi connectivity index (χ2v) is 6.30. The van der Waals surface area contributed by atoms with E-state index in [9.17, 15) is 10.1 Å². The number of hydrogen-bond acceptors (Lipinski definition) is 4. The summed E-state index contributed by atoms with van der Waals surface area (Å²) < 4.78 is 0. The first-order valence-electron chi connectivity index (χ1n) is 6.23. The first-order valence-corrected chi connectivity index (χ1v) is 7.11. The summed E-state index contributed by atoms with van der Waals surface area (Å²) in [5, 5.41) is 11.0. The smallest absolute Gasteiger partial charge is 0.269 e. The lowest BCUT2D eigenvalue weighted by atomic mass is 9.87. The van der Waals surface area contributed by atoms with Gasteiger partial charge in [-0.25, -0.2) is 0 Å². The molecule has 0 heterocycles. The van der Waals surface area contributed by atoms with Crippen molar-refractivity contribution in [3.8, 4) is 0 Å². The van der Waals surface area contributed by atoms with E-state index >= 15 is 0 Å². The van der Waals surface area contributed by atoms with Crippen LogP contribution in [0, 0.1) is 16.0 Å². The minimum Gasteiger partial charge on any atom is -0.327 e. The molecule has 1 saturated carbocycles. The molecule has 0 radical (unpaired) electrons. The van der Waals surface area contributed by atoms with Crippen LogP contribution in [-0.4, -0.2) is 16.2 Å². The molecule has 1 aromatic rings. The highest BCUT2D eigenvalue weighted by atomic mass is 32.2. The monoisotopic (exact) mass is 266 g/mol. The van der Waals surface area contributed by atoms with Crippen molar-refractivity contribution in [2.24, 2.45) is 11.7 Å². The largest absolute Gasteiger partial charge is 0.327 e. The number of nitrogens with two attached hydrogens (primary N) is 1. The van der Waals surface area contributed by atoms with Gasteiger partial charge < -0.3 is 5.73 Å². The van der Waals surface area contributed by atoms with Gasteiger partial charge in [-0.05, 0) is 37.3 Å². The first-order chi connectivity index (χ1) is 8.56. The van der Waals surface area contributed by atoms with Crippen molar-refractivity contribution in [2.75, 3.05) is 0 Å². The summed E-state index contributed by atoms with van der Waals surface area (Å²) in [5.74, 6) is 0.723. The standard InChI is InChI=1S/C13H18N2O2S/c1-9-2-7-12(14)13(8-9)18-11-5-3-10(4-6-11)15(16)17/h3-6,9,12-13H,2,7-8,14H2,1H3. The van der Waals surface area contributed by atoms with E-state index in [1.807, 2.05) is 12.1 Å². The van der Waals surface area contributed by atoms with E-state index in [0.717, 1.165) is 23.7 Å². The Kier molecular flexibility index (Phi) is 4.24. The maximum Gasteiger partial charge on any atom is 0.269 e. The van der Waals surface area contributed by atoms with Gasteiger partial charge in [0.1, 0.15) is 0 Å². The number of nitro benzene ring substituents is 1. The van der Waals surface area contributed by atoms with E-state index < -0.39 is 0 Å². The molecule has 18 heavy (non-hydrogen) atoms. The number of nitrogens with zero attached hydrogens (tertiary/aromatic N) is 1. The number of hydrogen-bond donors (Lipinski definition) is 1. The molecule has 0 aliphatic heterocycles. The van der Waals surface area contributed by atoms with Crippen molar-refractivity contribution in [3.05, 3.63) is 34.4 Å². The summed E-state index contributed by atoms with van der Waals surface area (Å²) in [6.07, 6.45) is 3.41. The van der Waals surface area contributed by atoms with Gasteiger partial charge in [-0.1, -0.05) is 6.92 Å². The van der Waals surface area contributed by atoms with E-state index in [1.165, 1.54) is 6.42 Å². The van der Waals surface area contributed by atoms with Gasteiger partial charge in [-0.3, -0.25) is 10.1 Å². The Bertz CT molecular complexity index is 422. The molecule has 0 aromatic heterocycles. The lowest BCUT2D eigenvalue weighted by molar-refractivity contribution is -0.384. The molecule has 2 rings (SSSR count). The summed E-state index contributed by atoms with van der Waals surface area (Å²) in [6.45, 7) is 2.26. The summed E-state index contributed by atoms with van der Waals surface area (Å²) >= 11 is 1.75. The zero-order valence-electron chi connectivity index (χ0n) is 10.4. The highest BCUT2D eigenvalue weighted by Gasteiger charge is 2.26. The van der Waals surface area contributed by atoms with Crippen LogP contribution in [0.1, 0.15) is 26.2 Å². The van der Waals surface area contributed by atoms with Gasteiger partial charge in [0.15, 0.2) is 0 Å². The topological polar surface area (TPSA) is 69.2 Å². The predicted molar refractivity (Wildman–Crippen MR) is 73.7 cm³/mol. The average Bonchev–Trinajstić information content (AvgIpc) is 2.34. The fraction of sp³-hybridized carbons (Fsp3) is 0.538. The van der Waals surface area contributed by atoms with Gasteiger partial charge in [-0.15, -0.1) is 11.8 Å². The molecular weight excluding hydrogens is 248 g/mol. The molecule has 3 unspecified atom stereocenters. The highest BCUT2D eigenvalue weighted by Crippen LogP contribution is 2.35. The van der Waals surface area contributed by atoms with Crippen molar-refractivity contribution in [1.82, 2.24) is 0 Å². The fourth-order valence-electron chi connectivity index (χ4n) is 2.31. The third-order valence-corrected chi connectivity index (χ3v) is 4.83. The van der Waals surface area contributed by atoms with E-state index in [1.54, 1.807) is 23.9 Å². The molecule has 1 aliphatic carbocycles. The maximum absolute atomic E-state index is 10.6. The Morgan fingerprint density at radius 1 is 1.33 bits per heavy atom. The molecular formula is C13H18N2O2S. The van der Waals surface area contributed by atoms with Gasteiger partial charge in [-0.2, -0.15) is 0 Å². The molecule has 2 N–H and O–H groups in total. The summed E-state index contributed by atoms with van der Waals surface area (Å²) in [5.41, 5.74) is 6.28. The van der Waals surface area contributed by atoms with Gasteiger partial charge in [0, 0.05) is 28.3 Å². The summed E-state index contributed by atoms with van der Waals surface area (Å²) in [4.78, 5) is 11.3. The molecule has 98 valence electrons. The molecule has 3 atom stereocenters. The Balaban J connectivity index is 2.02. The molecule has 0 bridgehead atoms. The van der Waals surface area contributed by atoms with Crippen LogP contribution in [0.15, 0.2) is 29.2 Å². The van der Waals surface area contributed by atoms with E-state index in [0.29, 0.717) is 5.25 Å². The third kappa shape index (κ3) is 3.23. The fourth-order valence-corrected chi connectivity index (χ4v) is 3.69. The minimum absolute atomic E-state index is 0.140. The molecule has 1 aromatic carbocycles. The van der Waals surface area contributed by atoms with Crippen LogP contribution in [-0.2, 0) is 0 Å². The van der Waals surface area contributed by atoms with Gasteiger partial charge >= 0.3 is 0 Å². The lowest BCUT2D eigenvalue weighted by Crippen LogP contribution is -2.37. The number of benzene rings is 1. The van der Waals surface area contributed by atoms with Gasteiger partial charge in [0.05, 0.1) is 4.92 Å². The van der Waals surface area contributed by atoms with Gasteiger partial charge in [0.2, 0.25) is 0 Å². The van der Waals surface area contributed by atoms with Crippen molar-refractivity contribution in [2.45, 2.75) is 42.4 Å². The highest BCUT2D eigenvalue weighted by molar-refractivity contribution is 8.00. The zero-order valence-corrected chi connectivity index (χ0v) is 11.2. The number of nitro groups is 1. The van der Waals surface area contributed by atoms with Crippen molar-refractivity contribution in [3.63, 3.8) is 0 Å². The Labute approximate surface area is 111 Å². The molecule has 1 aliphatic rings. The van der Waals surface area contributed by atoms with Crippen LogP contribution < -0.4 is 5.73 Å². The Morgan fingerprint density at radius 2 is 2.00 bits per heavy atom. The first kappa shape index (κ1) is 13.4. The number of thioether (sulfide) groups is 1. The lowest BCUT2D eigenvalue weighted by Gasteiger charge is -2.31. The number of non-ortho nitro benzene ring substituents is 1. The molecule has 5 heteroatoms. The maximum atomic E-state index is 10.6. The van der Waals surface area contributed by atoms with Crippen LogP contribution in [0.5, 0.6) is 0 Å². The van der Waals surface area contributed by atoms with E-state index in [-0.39, 0.29) is 16.7 Å². The van der Waals surface area contributed by atoms with Crippen molar-refractivity contribution in [1.29, 1.82) is 0 Å². The third-order valence-electron chi connectivity index (χ3n) is 3.44. The SMILES string of the molecule is CC1CCC(N)C(Sc2ccc([N+](=O)[O-])cc2)C1. The average molecular weight is 266 g/mol. The van der Waals surface area contributed by atoms with Crippen molar-refractivity contribution >= 4 is 17.4 Å². The predicted octanol–water partition coefficient (Wildman–Crippen LogP) is 3.20. The van der Waals surface area contributed by atoms with Crippen LogP contribution in [0.25, 0.3) is 0 Å². The normalized spacial score (nSPS) is 28.0. The van der Waals surface area contributed by atoms with Crippen LogP contribution in [0.2, 0.25) is 0 Å². The minimum atomic E-state index is -0.372. The second-order valence-electron chi connectivity index (χ2n) is 4.99.